The molecular weight excluding hydrogens is 324 g/mol. The van der Waals surface area contributed by atoms with Crippen molar-refractivity contribution >= 4 is 5.71 Å². The highest BCUT2D eigenvalue weighted by Crippen LogP contribution is 2.34. The highest BCUT2D eigenvalue weighted by atomic mass is 16.5. The normalized spacial score (nSPS) is 22.7. The summed E-state index contributed by atoms with van der Waals surface area (Å²) in [7, 11) is 0. The number of nitrogens with zero attached hydrogens (tertiary/aromatic N) is 1. The Balaban J connectivity index is 1.94. The van der Waals surface area contributed by atoms with Gasteiger partial charge in [-0.05, 0) is 56.2 Å². The van der Waals surface area contributed by atoms with Crippen molar-refractivity contribution in [1.29, 1.82) is 0 Å². The lowest BCUT2D eigenvalue weighted by molar-refractivity contribution is 0.283. The molecule has 1 aliphatic rings. The van der Waals surface area contributed by atoms with E-state index in [4.69, 9.17) is 9.73 Å². The number of phenolic OH excluding ortho intramolecular Hbond substituents is 1. The monoisotopic (exact) mass is 352 g/mol. The summed E-state index contributed by atoms with van der Waals surface area (Å²) in [6.45, 7) is 6.95. The van der Waals surface area contributed by atoms with Crippen LogP contribution in [0.3, 0.4) is 0 Å². The second kappa shape index (κ2) is 7.92. The van der Waals surface area contributed by atoms with E-state index in [1.807, 2.05) is 37.3 Å². The maximum Gasteiger partial charge on any atom is 0.120 e. The molecule has 0 radical (unpaired) electrons. The maximum atomic E-state index is 10.3. The van der Waals surface area contributed by atoms with Crippen LogP contribution in [0.4, 0.5) is 0 Å². The van der Waals surface area contributed by atoms with E-state index in [0.29, 0.717) is 12.4 Å². The Morgan fingerprint density at radius 3 is 2.54 bits per heavy atom. The lowest BCUT2D eigenvalue weighted by Crippen LogP contribution is -2.47. The van der Waals surface area contributed by atoms with Crippen LogP contribution in [0.1, 0.15) is 57.2 Å². The Bertz CT molecular complexity index is 770. The summed E-state index contributed by atoms with van der Waals surface area (Å²) in [5.74, 6) is 1.20. The van der Waals surface area contributed by atoms with E-state index in [1.165, 1.54) is 0 Å². The van der Waals surface area contributed by atoms with Crippen LogP contribution in [0, 0.1) is 0 Å². The molecule has 0 bridgehead atoms. The summed E-state index contributed by atoms with van der Waals surface area (Å²) < 4.78 is 5.55. The summed E-state index contributed by atoms with van der Waals surface area (Å²) in [5.41, 5.74) is 2.76. The van der Waals surface area contributed by atoms with Crippen LogP contribution < -0.4 is 10.1 Å². The molecule has 2 N–H and O–H groups in total. The standard InChI is InChI=1S/C22H28N2O2/c1-4-14-22(3)23-19(16-10-12-17(13-11-16)26-5-2)15-20(24-22)18-8-6-7-9-21(18)25/h6-13,20,24-25H,4-5,14-15H2,1-3H3. The Kier molecular flexibility index (Phi) is 5.62. The summed E-state index contributed by atoms with van der Waals surface area (Å²) in [5, 5.41) is 14.0. The molecule has 0 amide bonds. The van der Waals surface area contributed by atoms with Crippen LogP contribution in [-0.2, 0) is 0 Å². The van der Waals surface area contributed by atoms with Gasteiger partial charge in [0.25, 0.3) is 0 Å². The van der Waals surface area contributed by atoms with Gasteiger partial charge in [0.15, 0.2) is 0 Å². The molecule has 2 aromatic carbocycles. The molecule has 4 heteroatoms. The Morgan fingerprint density at radius 1 is 1.15 bits per heavy atom. The Labute approximate surface area is 155 Å². The molecule has 0 aliphatic carbocycles. The van der Waals surface area contributed by atoms with E-state index >= 15 is 0 Å². The minimum atomic E-state index is -0.339. The minimum Gasteiger partial charge on any atom is -0.508 e. The highest BCUT2D eigenvalue weighted by molar-refractivity contribution is 6.01. The molecule has 2 unspecified atom stereocenters. The predicted octanol–water partition coefficient (Wildman–Crippen LogP) is 4.83. The smallest absolute Gasteiger partial charge is 0.120 e. The molecular formula is C22H28N2O2. The van der Waals surface area contributed by atoms with E-state index in [1.54, 1.807) is 6.07 Å². The van der Waals surface area contributed by atoms with E-state index in [0.717, 1.165) is 41.9 Å². The van der Waals surface area contributed by atoms with Crippen LogP contribution in [0.15, 0.2) is 53.5 Å². The van der Waals surface area contributed by atoms with E-state index in [9.17, 15) is 5.11 Å². The van der Waals surface area contributed by atoms with Crippen molar-refractivity contribution in [2.24, 2.45) is 4.99 Å². The number of phenols is 1. The molecule has 4 nitrogen and oxygen atoms in total. The number of aromatic hydroxyl groups is 1. The average molecular weight is 352 g/mol. The van der Waals surface area contributed by atoms with Gasteiger partial charge in [-0.1, -0.05) is 31.5 Å². The first-order valence-corrected chi connectivity index (χ1v) is 9.42. The first-order chi connectivity index (χ1) is 12.5. The fourth-order valence-corrected chi connectivity index (χ4v) is 3.67. The molecule has 26 heavy (non-hydrogen) atoms. The molecule has 138 valence electrons. The maximum absolute atomic E-state index is 10.3. The van der Waals surface area contributed by atoms with Crippen molar-refractivity contribution in [2.75, 3.05) is 6.61 Å². The molecule has 2 atom stereocenters. The van der Waals surface area contributed by atoms with Gasteiger partial charge in [0.05, 0.1) is 6.61 Å². The van der Waals surface area contributed by atoms with Gasteiger partial charge < -0.3 is 9.84 Å². The lowest BCUT2D eigenvalue weighted by Gasteiger charge is -2.38. The van der Waals surface area contributed by atoms with Crippen molar-refractivity contribution in [3.8, 4) is 11.5 Å². The molecule has 0 saturated carbocycles. The zero-order chi connectivity index (χ0) is 18.6. The van der Waals surface area contributed by atoms with Crippen molar-refractivity contribution in [3.05, 3.63) is 59.7 Å². The number of benzene rings is 2. The van der Waals surface area contributed by atoms with Crippen LogP contribution in [0.2, 0.25) is 0 Å². The molecule has 0 fully saturated rings. The number of nitrogens with one attached hydrogen (secondary N) is 1. The summed E-state index contributed by atoms with van der Waals surface area (Å²) >= 11 is 0. The zero-order valence-corrected chi connectivity index (χ0v) is 15.8. The summed E-state index contributed by atoms with van der Waals surface area (Å²) in [4.78, 5) is 5.04. The first kappa shape index (κ1) is 18.5. The fraction of sp³-hybridized carbons (Fsp3) is 0.409. The minimum absolute atomic E-state index is 0.0341. The predicted molar refractivity (Wildman–Crippen MR) is 106 cm³/mol. The fourth-order valence-electron chi connectivity index (χ4n) is 3.67. The zero-order valence-electron chi connectivity index (χ0n) is 15.8. The summed E-state index contributed by atoms with van der Waals surface area (Å²) in [6.07, 6.45) is 2.72. The number of aliphatic imine (C=N–C) groups is 1. The molecule has 2 aromatic rings. The second-order valence-corrected chi connectivity index (χ2v) is 7.00. The number of rotatable bonds is 6. The molecule has 1 heterocycles. The van der Waals surface area contributed by atoms with Crippen molar-refractivity contribution < 1.29 is 9.84 Å². The average Bonchev–Trinajstić information content (AvgIpc) is 2.62. The molecule has 3 rings (SSSR count). The van der Waals surface area contributed by atoms with E-state index < -0.39 is 0 Å². The van der Waals surface area contributed by atoms with Crippen LogP contribution in [0.25, 0.3) is 0 Å². The quantitative estimate of drug-likeness (QED) is 0.783. The molecule has 0 saturated heterocycles. The van der Waals surface area contributed by atoms with Crippen LogP contribution >= 0.6 is 0 Å². The van der Waals surface area contributed by atoms with Crippen molar-refractivity contribution in [3.63, 3.8) is 0 Å². The Hall–Kier alpha value is -2.33. The molecule has 0 aromatic heterocycles. The van der Waals surface area contributed by atoms with E-state index in [2.05, 4.69) is 31.3 Å². The largest absolute Gasteiger partial charge is 0.508 e. The third-order valence-corrected chi connectivity index (χ3v) is 4.81. The SMILES string of the molecule is CCCC1(C)N=C(c2ccc(OCC)cc2)CC(c2ccccc2O)N1. The van der Waals surface area contributed by atoms with Gasteiger partial charge in [-0.3, -0.25) is 10.3 Å². The van der Waals surface area contributed by atoms with E-state index in [-0.39, 0.29) is 11.7 Å². The number of ether oxygens (including phenoxy) is 1. The van der Waals surface area contributed by atoms with Crippen molar-refractivity contribution in [2.45, 2.75) is 51.7 Å². The topological polar surface area (TPSA) is 53.9 Å². The number of hydrogen-bond donors (Lipinski definition) is 2. The van der Waals surface area contributed by atoms with Gasteiger partial charge in [0, 0.05) is 23.7 Å². The van der Waals surface area contributed by atoms with Gasteiger partial charge in [-0.25, -0.2) is 0 Å². The van der Waals surface area contributed by atoms with Gasteiger partial charge in [-0.15, -0.1) is 0 Å². The Morgan fingerprint density at radius 2 is 1.88 bits per heavy atom. The highest BCUT2D eigenvalue weighted by Gasteiger charge is 2.33. The van der Waals surface area contributed by atoms with Gasteiger partial charge in [0.2, 0.25) is 0 Å². The third-order valence-electron chi connectivity index (χ3n) is 4.81. The van der Waals surface area contributed by atoms with Crippen LogP contribution in [0.5, 0.6) is 11.5 Å². The lowest BCUT2D eigenvalue weighted by atomic mass is 9.91. The number of hydrogen-bond acceptors (Lipinski definition) is 4. The van der Waals surface area contributed by atoms with Gasteiger partial charge in [0.1, 0.15) is 17.2 Å². The van der Waals surface area contributed by atoms with Crippen LogP contribution in [-0.4, -0.2) is 23.1 Å². The van der Waals surface area contributed by atoms with Gasteiger partial charge in [-0.2, -0.15) is 0 Å². The van der Waals surface area contributed by atoms with Crippen molar-refractivity contribution in [1.82, 2.24) is 5.32 Å². The first-order valence-electron chi connectivity index (χ1n) is 9.42. The second-order valence-electron chi connectivity index (χ2n) is 7.00. The summed E-state index contributed by atoms with van der Waals surface area (Å²) in [6, 6.07) is 15.7. The molecule has 0 spiro atoms. The third kappa shape index (κ3) is 4.07. The number of para-hydroxylation sites is 1. The van der Waals surface area contributed by atoms with Gasteiger partial charge >= 0.3 is 0 Å². The molecule has 1 aliphatic heterocycles.